The Kier molecular flexibility index (Phi) is 6.98. The number of hydrogen-bond acceptors (Lipinski definition) is 3. The second-order valence-electron chi connectivity index (χ2n) is 4.86. The minimum atomic E-state index is -4.29. The van der Waals surface area contributed by atoms with Crippen molar-refractivity contribution in [2.24, 2.45) is 0 Å². The largest absolute Gasteiger partial charge is 0.491 e. The van der Waals surface area contributed by atoms with E-state index >= 15 is 0 Å². The van der Waals surface area contributed by atoms with Gasteiger partial charge in [-0.05, 0) is 37.1 Å². The van der Waals surface area contributed by atoms with E-state index in [1.54, 1.807) is 0 Å². The summed E-state index contributed by atoms with van der Waals surface area (Å²) in [4.78, 5) is 0. The van der Waals surface area contributed by atoms with Gasteiger partial charge in [-0.25, -0.2) is 0 Å². The molecule has 0 saturated heterocycles. The molecule has 0 aliphatic rings. The first-order chi connectivity index (χ1) is 9.83. The van der Waals surface area contributed by atoms with Crippen LogP contribution in [-0.2, 0) is 11.3 Å². The smallest absolute Gasteiger partial charge is 0.411 e. The fourth-order valence-electron chi connectivity index (χ4n) is 2.03. The lowest BCUT2D eigenvalue weighted by molar-refractivity contribution is -0.175. The van der Waals surface area contributed by atoms with Crippen LogP contribution in [0.5, 0.6) is 5.75 Å². The van der Waals surface area contributed by atoms with Crippen molar-refractivity contribution in [1.29, 1.82) is 0 Å². The summed E-state index contributed by atoms with van der Waals surface area (Å²) in [6.45, 7) is 6.35. The van der Waals surface area contributed by atoms with Crippen LogP contribution in [-0.4, -0.2) is 32.5 Å². The average molecular weight is 305 g/mol. The van der Waals surface area contributed by atoms with Crippen molar-refractivity contribution in [2.45, 2.75) is 33.5 Å². The Bertz CT molecular complexity index is 424. The molecular weight excluding hydrogens is 283 g/mol. The highest BCUT2D eigenvalue weighted by molar-refractivity contribution is 5.43. The van der Waals surface area contributed by atoms with Crippen molar-refractivity contribution in [2.75, 3.05) is 26.4 Å². The maximum absolute atomic E-state index is 11.9. The van der Waals surface area contributed by atoms with Crippen LogP contribution >= 0.6 is 0 Å². The molecule has 0 amide bonds. The van der Waals surface area contributed by atoms with Gasteiger partial charge in [-0.1, -0.05) is 19.1 Å². The standard InChI is InChI=1S/C15H22F3NO2/c1-4-19-9-13-7-11(2)14(12(3)8-13)21-6-5-20-10-15(16,17)18/h7-8,19H,4-6,9-10H2,1-3H3. The number of rotatable bonds is 8. The fraction of sp³-hybridized carbons (Fsp3) is 0.600. The highest BCUT2D eigenvalue weighted by Crippen LogP contribution is 2.25. The van der Waals surface area contributed by atoms with Gasteiger partial charge in [-0.15, -0.1) is 0 Å². The van der Waals surface area contributed by atoms with E-state index in [-0.39, 0.29) is 13.2 Å². The van der Waals surface area contributed by atoms with Gasteiger partial charge < -0.3 is 14.8 Å². The third-order valence-electron chi connectivity index (χ3n) is 2.84. The zero-order valence-corrected chi connectivity index (χ0v) is 12.6. The molecule has 1 N–H and O–H groups in total. The van der Waals surface area contributed by atoms with Crippen LogP contribution in [0.2, 0.25) is 0 Å². The Balaban J connectivity index is 2.48. The van der Waals surface area contributed by atoms with Crippen molar-refractivity contribution >= 4 is 0 Å². The lowest BCUT2D eigenvalue weighted by Gasteiger charge is -2.15. The molecule has 3 nitrogen and oxygen atoms in total. The molecule has 0 bridgehead atoms. The lowest BCUT2D eigenvalue weighted by atomic mass is 10.1. The molecule has 120 valence electrons. The Labute approximate surface area is 123 Å². The summed E-state index contributed by atoms with van der Waals surface area (Å²) in [6.07, 6.45) is -4.29. The van der Waals surface area contributed by atoms with Crippen LogP contribution in [0.3, 0.4) is 0 Å². The number of alkyl halides is 3. The fourth-order valence-corrected chi connectivity index (χ4v) is 2.03. The Hall–Kier alpha value is -1.27. The molecule has 0 aliphatic heterocycles. The lowest BCUT2D eigenvalue weighted by Crippen LogP contribution is -2.19. The first-order valence-electron chi connectivity index (χ1n) is 6.91. The molecule has 1 rings (SSSR count). The van der Waals surface area contributed by atoms with Crippen LogP contribution < -0.4 is 10.1 Å². The third kappa shape index (κ3) is 6.82. The minimum absolute atomic E-state index is 0.0858. The zero-order chi connectivity index (χ0) is 15.9. The summed E-state index contributed by atoms with van der Waals surface area (Å²) < 4.78 is 45.8. The van der Waals surface area contributed by atoms with Gasteiger partial charge in [0, 0.05) is 6.54 Å². The first-order valence-corrected chi connectivity index (χ1v) is 6.91. The van der Waals surface area contributed by atoms with Crippen LogP contribution in [0.4, 0.5) is 13.2 Å². The first kappa shape index (κ1) is 17.8. The predicted octanol–water partition coefficient (Wildman–Crippen LogP) is 3.37. The maximum Gasteiger partial charge on any atom is 0.411 e. The van der Waals surface area contributed by atoms with Gasteiger partial charge in [0.2, 0.25) is 0 Å². The molecule has 0 saturated carbocycles. The molecule has 0 aliphatic carbocycles. The molecule has 1 aromatic carbocycles. The van der Waals surface area contributed by atoms with E-state index in [2.05, 4.69) is 10.1 Å². The van der Waals surface area contributed by atoms with Gasteiger partial charge in [0.1, 0.15) is 19.0 Å². The topological polar surface area (TPSA) is 30.5 Å². The number of benzene rings is 1. The Morgan fingerprint density at radius 3 is 2.24 bits per heavy atom. The molecule has 1 aromatic rings. The highest BCUT2D eigenvalue weighted by Gasteiger charge is 2.27. The van der Waals surface area contributed by atoms with Crippen LogP contribution in [0, 0.1) is 13.8 Å². The number of ether oxygens (including phenoxy) is 2. The summed E-state index contributed by atoms with van der Waals surface area (Å²) >= 11 is 0. The molecule has 0 atom stereocenters. The summed E-state index contributed by atoms with van der Waals surface area (Å²) in [5.74, 6) is 0.714. The second kappa shape index (κ2) is 8.24. The number of aryl methyl sites for hydroxylation is 2. The molecule has 0 aromatic heterocycles. The SMILES string of the molecule is CCNCc1cc(C)c(OCCOCC(F)(F)F)c(C)c1. The van der Waals surface area contributed by atoms with Crippen molar-refractivity contribution < 1.29 is 22.6 Å². The summed E-state index contributed by atoms with van der Waals surface area (Å²) in [5.41, 5.74) is 3.10. The second-order valence-corrected chi connectivity index (χ2v) is 4.86. The normalized spacial score (nSPS) is 11.7. The molecule has 21 heavy (non-hydrogen) atoms. The summed E-state index contributed by atoms with van der Waals surface area (Å²) in [6, 6.07) is 4.03. The van der Waals surface area contributed by atoms with E-state index in [1.165, 1.54) is 0 Å². The van der Waals surface area contributed by atoms with Gasteiger partial charge >= 0.3 is 6.18 Å². The van der Waals surface area contributed by atoms with E-state index < -0.39 is 12.8 Å². The molecule has 0 radical (unpaired) electrons. The Morgan fingerprint density at radius 2 is 1.71 bits per heavy atom. The van der Waals surface area contributed by atoms with Gasteiger partial charge in [0.05, 0.1) is 6.61 Å². The minimum Gasteiger partial charge on any atom is -0.491 e. The van der Waals surface area contributed by atoms with Crippen molar-refractivity contribution in [3.05, 3.63) is 28.8 Å². The molecule has 0 heterocycles. The Morgan fingerprint density at radius 1 is 1.10 bits per heavy atom. The summed E-state index contributed by atoms with van der Waals surface area (Å²) in [7, 11) is 0. The quantitative estimate of drug-likeness (QED) is 0.747. The maximum atomic E-state index is 11.9. The molecular formula is C15H22F3NO2. The van der Waals surface area contributed by atoms with Crippen LogP contribution in [0.25, 0.3) is 0 Å². The number of nitrogens with one attached hydrogen (secondary N) is 1. The van der Waals surface area contributed by atoms with Crippen molar-refractivity contribution in [1.82, 2.24) is 5.32 Å². The average Bonchev–Trinajstić information content (AvgIpc) is 2.37. The molecule has 6 heteroatoms. The van der Waals surface area contributed by atoms with E-state index in [4.69, 9.17) is 4.74 Å². The van der Waals surface area contributed by atoms with E-state index in [0.29, 0.717) is 5.75 Å². The highest BCUT2D eigenvalue weighted by atomic mass is 19.4. The third-order valence-corrected chi connectivity index (χ3v) is 2.84. The van der Waals surface area contributed by atoms with Gasteiger partial charge in [0.15, 0.2) is 0 Å². The van der Waals surface area contributed by atoms with E-state index in [1.807, 2.05) is 32.9 Å². The van der Waals surface area contributed by atoms with E-state index in [0.717, 1.165) is 29.8 Å². The van der Waals surface area contributed by atoms with Crippen molar-refractivity contribution in [3.63, 3.8) is 0 Å². The van der Waals surface area contributed by atoms with Gasteiger partial charge in [-0.3, -0.25) is 0 Å². The van der Waals surface area contributed by atoms with Crippen molar-refractivity contribution in [3.8, 4) is 5.75 Å². The van der Waals surface area contributed by atoms with Gasteiger partial charge in [-0.2, -0.15) is 13.2 Å². The van der Waals surface area contributed by atoms with Gasteiger partial charge in [0.25, 0.3) is 0 Å². The zero-order valence-electron chi connectivity index (χ0n) is 12.6. The summed E-state index contributed by atoms with van der Waals surface area (Å²) in [5, 5.41) is 3.25. The monoisotopic (exact) mass is 305 g/mol. The molecule has 0 spiro atoms. The molecule has 0 unspecified atom stereocenters. The van der Waals surface area contributed by atoms with Crippen LogP contribution in [0.1, 0.15) is 23.6 Å². The van der Waals surface area contributed by atoms with Crippen LogP contribution in [0.15, 0.2) is 12.1 Å². The molecule has 0 fully saturated rings. The predicted molar refractivity (Wildman–Crippen MR) is 75.7 cm³/mol. The number of hydrogen-bond donors (Lipinski definition) is 1. The number of halogens is 3. The van der Waals surface area contributed by atoms with E-state index in [9.17, 15) is 13.2 Å².